The molecule has 0 amide bonds. The molecule has 1 rings (SSSR count). The molecule has 0 bridgehead atoms. The van der Waals surface area contributed by atoms with Gasteiger partial charge in [0.1, 0.15) is 15.7 Å². The van der Waals surface area contributed by atoms with Crippen molar-refractivity contribution in [3.8, 4) is 0 Å². The summed E-state index contributed by atoms with van der Waals surface area (Å²) in [7, 11) is -3.05. The molecule has 0 spiro atoms. The highest BCUT2D eigenvalue weighted by molar-refractivity contribution is 7.90. The highest BCUT2D eigenvalue weighted by Gasteiger charge is 2.06. The molecule has 0 aliphatic heterocycles. The number of carboxylic acids is 1. The van der Waals surface area contributed by atoms with Crippen LogP contribution in [0.5, 0.6) is 0 Å². The Morgan fingerprint density at radius 1 is 1.50 bits per heavy atom. The molecular weight excluding hydrogens is 234 g/mol. The molecule has 8 heteroatoms. The van der Waals surface area contributed by atoms with Gasteiger partial charge in [-0.15, -0.1) is 0 Å². The first kappa shape index (κ1) is 12.4. The maximum atomic E-state index is 10.8. The first-order chi connectivity index (χ1) is 7.38. The number of aromatic nitrogens is 2. The fourth-order valence-electron chi connectivity index (χ4n) is 0.919. The average Bonchev–Trinajstić information content (AvgIpc) is 2.16. The third-order valence-corrected chi connectivity index (χ3v) is 2.58. The summed E-state index contributed by atoms with van der Waals surface area (Å²) < 4.78 is 21.7. The standard InChI is InChI=1S/C8H11N3O4S/c1-16(14,15)3-2-10-7-5-9-4-6(11-7)8(12)13/h4-5H,2-3H2,1H3,(H,10,11)(H,12,13). The molecule has 0 atom stereocenters. The van der Waals surface area contributed by atoms with Gasteiger partial charge in [0, 0.05) is 12.8 Å². The van der Waals surface area contributed by atoms with Crippen LogP contribution in [-0.2, 0) is 9.84 Å². The van der Waals surface area contributed by atoms with E-state index in [-0.39, 0.29) is 23.8 Å². The van der Waals surface area contributed by atoms with Crippen LogP contribution < -0.4 is 5.32 Å². The van der Waals surface area contributed by atoms with E-state index in [0.29, 0.717) is 0 Å². The van der Waals surface area contributed by atoms with Crippen LogP contribution in [0.3, 0.4) is 0 Å². The van der Waals surface area contributed by atoms with Crippen molar-refractivity contribution in [3.63, 3.8) is 0 Å². The van der Waals surface area contributed by atoms with E-state index >= 15 is 0 Å². The van der Waals surface area contributed by atoms with E-state index in [1.54, 1.807) is 0 Å². The van der Waals surface area contributed by atoms with Crippen LogP contribution in [-0.4, -0.2) is 48.0 Å². The Balaban J connectivity index is 2.61. The second-order valence-electron chi connectivity index (χ2n) is 3.15. The number of carboxylic acid groups (broad SMARTS) is 1. The number of sulfone groups is 1. The molecule has 0 radical (unpaired) electrons. The second kappa shape index (κ2) is 4.88. The molecule has 0 aromatic carbocycles. The van der Waals surface area contributed by atoms with Gasteiger partial charge in [0.2, 0.25) is 0 Å². The van der Waals surface area contributed by atoms with Crippen molar-refractivity contribution in [2.45, 2.75) is 0 Å². The number of rotatable bonds is 5. The molecule has 0 fully saturated rings. The Kier molecular flexibility index (Phi) is 3.78. The SMILES string of the molecule is CS(=O)(=O)CCNc1cncc(C(=O)O)n1. The third kappa shape index (κ3) is 4.22. The molecule has 0 saturated carbocycles. The van der Waals surface area contributed by atoms with Crippen molar-refractivity contribution < 1.29 is 18.3 Å². The molecule has 0 aliphatic carbocycles. The highest BCUT2D eigenvalue weighted by atomic mass is 32.2. The number of hydrogen-bond acceptors (Lipinski definition) is 6. The van der Waals surface area contributed by atoms with Crippen molar-refractivity contribution in [3.05, 3.63) is 18.1 Å². The maximum absolute atomic E-state index is 10.8. The Morgan fingerprint density at radius 2 is 2.19 bits per heavy atom. The zero-order valence-electron chi connectivity index (χ0n) is 8.54. The first-order valence-corrected chi connectivity index (χ1v) is 6.41. The monoisotopic (exact) mass is 245 g/mol. The second-order valence-corrected chi connectivity index (χ2v) is 5.41. The highest BCUT2D eigenvalue weighted by Crippen LogP contribution is 2.01. The topological polar surface area (TPSA) is 109 Å². The molecule has 88 valence electrons. The lowest BCUT2D eigenvalue weighted by atomic mass is 10.4. The van der Waals surface area contributed by atoms with Crippen LogP contribution in [0.2, 0.25) is 0 Å². The predicted molar refractivity (Wildman–Crippen MR) is 57.2 cm³/mol. The summed E-state index contributed by atoms with van der Waals surface area (Å²) in [6, 6.07) is 0. The van der Waals surface area contributed by atoms with E-state index in [4.69, 9.17) is 5.11 Å². The minimum absolute atomic E-state index is 0.0496. The number of hydrogen-bond donors (Lipinski definition) is 2. The summed E-state index contributed by atoms with van der Waals surface area (Å²) in [5, 5.41) is 11.3. The van der Waals surface area contributed by atoms with Gasteiger partial charge in [-0.05, 0) is 0 Å². The van der Waals surface area contributed by atoms with Gasteiger partial charge in [-0.1, -0.05) is 0 Å². The van der Waals surface area contributed by atoms with Gasteiger partial charge in [0.15, 0.2) is 5.69 Å². The molecule has 1 heterocycles. The minimum Gasteiger partial charge on any atom is -0.476 e. The van der Waals surface area contributed by atoms with Crippen molar-refractivity contribution >= 4 is 21.6 Å². The predicted octanol–water partition coefficient (Wildman–Crippen LogP) is -0.369. The number of anilines is 1. The van der Waals surface area contributed by atoms with E-state index in [1.807, 2.05) is 0 Å². The summed E-state index contributed by atoms with van der Waals surface area (Å²) in [5.74, 6) is -0.991. The summed E-state index contributed by atoms with van der Waals surface area (Å²) in [4.78, 5) is 17.9. The van der Waals surface area contributed by atoms with Crippen molar-refractivity contribution in [2.24, 2.45) is 0 Å². The Labute approximate surface area is 92.5 Å². The molecule has 0 saturated heterocycles. The lowest BCUT2D eigenvalue weighted by Crippen LogP contribution is -2.15. The Morgan fingerprint density at radius 3 is 2.75 bits per heavy atom. The van der Waals surface area contributed by atoms with Gasteiger partial charge in [-0.3, -0.25) is 4.98 Å². The molecule has 2 N–H and O–H groups in total. The molecular formula is C8H11N3O4S. The number of nitrogens with one attached hydrogen (secondary N) is 1. The van der Waals surface area contributed by atoms with Gasteiger partial charge in [-0.2, -0.15) is 0 Å². The lowest BCUT2D eigenvalue weighted by Gasteiger charge is -2.04. The van der Waals surface area contributed by atoms with Crippen molar-refractivity contribution in [1.82, 2.24) is 9.97 Å². The summed E-state index contributed by atoms with van der Waals surface area (Å²) >= 11 is 0. The Hall–Kier alpha value is -1.70. The van der Waals surface area contributed by atoms with Crippen LogP contribution >= 0.6 is 0 Å². The van der Waals surface area contributed by atoms with Gasteiger partial charge in [0.25, 0.3) is 0 Å². The molecule has 0 unspecified atom stereocenters. The third-order valence-electron chi connectivity index (χ3n) is 1.63. The van der Waals surface area contributed by atoms with E-state index in [2.05, 4.69) is 15.3 Å². The summed E-state index contributed by atoms with van der Waals surface area (Å²) in [5.41, 5.74) is -0.190. The molecule has 7 nitrogen and oxygen atoms in total. The zero-order valence-corrected chi connectivity index (χ0v) is 9.36. The maximum Gasteiger partial charge on any atom is 0.356 e. The minimum atomic E-state index is -3.05. The van der Waals surface area contributed by atoms with Crippen LogP contribution in [0.15, 0.2) is 12.4 Å². The Bertz CT molecular complexity index is 486. The normalized spacial score (nSPS) is 11.1. The largest absolute Gasteiger partial charge is 0.476 e. The van der Waals surface area contributed by atoms with Gasteiger partial charge in [0.05, 0.1) is 18.1 Å². The summed E-state index contributed by atoms with van der Waals surface area (Å²) in [6.45, 7) is 0.163. The van der Waals surface area contributed by atoms with E-state index in [9.17, 15) is 13.2 Å². The van der Waals surface area contributed by atoms with Gasteiger partial charge in [-0.25, -0.2) is 18.2 Å². The number of aromatic carboxylic acids is 1. The molecule has 16 heavy (non-hydrogen) atoms. The van der Waals surface area contributed by atoms with Gasteiger partial charge >= 0.3 is 5.97 Å². The van der Waals surface area contributed by atoms with Gasteiger partial charge < -0.3 is 10.4 Å². The van der Waals surface area contributed by atoms with Crippen LogP contribution in [0, 0.1) is 0 Å². The van der Waals surface area contributed by atoms with E-state index < -0.39 is 15.8 Å². The smallest absolute Gasteiger partial charge is 0.356 e. The quantitative estimate of drug-likeness (QED) is 0.728. The van der Waals surface area contributed by atoms with Crippen LogP contribution in [0.4, 0.5) is 5.82 Å². The van der Waals surface area contributed by atoms with Crippen molar-refractivity contribution in [1.29, 1.82) is 0 Å². The van der Waals surface area contributed by atoms with Crippen molar-refractivity contribution in [2.75, 3.05) is 23.9 Å². The first-order valence-electron chi connectivity index (χ1n) is 4.35. The number of carbonyl (C=O) groups is 1. The lowest BCUT2D eigenvalue weighted by molar-refractivity contribution is 0.0690. The number of nitrogens with zero attached hydrogens (tertiary/aromatic N) is 2. The fourth-order valence-corrected chi connectivity index (χ4v) is 1.39. The van der Waals surface area contributed by atoms with E-state index in [1.165, 1.54) is 6.20 Å². The summed E-state index contributed by atoms with van der Waals surface area (Å²) in [6.07, 6.45) is 3.56. The average molecular weight is 245 g/mol. The van der Waals surface area contributed by atoms with E-state index in [0.717, 1.165) is 12.5 Å². The zero-order chi connectivity index (χ0) is 12.2. The van der Waals surface area contributed by atoms with Crippen LogP contribution in [0.25, 0.3) is 0 Å². The molecule has 1 aromatic heterocycles. The van der Waals surface area contributed by atoms with Crippen LogP contribution in [0.1, 0.15) is 10.5 Å². The molecule has 1 aromatic rings. The molecule has 0 aliphatic rings. The fraction of sp³-hybridized carbons (Fsp3) is 0.375.